The molecule has 0 aliphatic heterocycles. The Balaban J connectivity index is 4.10. The molecule has 8 heavy (non-hydrogen) atoms. The van der Waals surface area contributed by atoms with Crippen LogP contribution >= 0.6 is 11.6 Å². The first kappa shape index (κ1) is 7.52. The highest BCUT2D eigenvalue weighted by Crippen LogP contribution is 2.02. The van der Waals surface area contributed by atoms with E-state index in [4.69, 9.17) is 16.9 Å². The molecule has 0 amide bonds. The van der Waals surface area contributed by atoms with Crippen LogP contribution in [-0.2, 0) is 0 Å². The third-order valence-electron chi connectivity index (χ3n) is 1.01. The van der Waals surface area contributed by atoms with Crippen LogP contribution in [0.1, 0.15) is 13.8 Å². The fourth-order valence-electron chi connectivity index (χ4n) is 0.196. The number of nitriles is 1. The molecule has 1 nitrogen and oxygen atoms in total. The van der Waals surface area contributed by atoms with Gasteiger partial charge in [-0.05, 0) is 19.4 Å². The molecule has 0 aromatic rings. The molecule has 2 heteroatoms. The molecule has 0 saturated heterocycles. The maximum Gasteiger partial charge on any atom is 0.0943 e. The monoisotopic (exact) mass is 129 g/mol. The zero-order valence-corrected chi connectivity index (χ0v) is 5.79. The highest BCUT2D eigenvalue weighted by atomic mass is 35.5. The van der Waals surface area contributed by atoms with E-state index in [9.17, 15) is 0 Å². The van der Waals surface area contributed by atoms with Crippen molar-refractivity contribution in [1.82, 2.24) is 0 Å². The van der Waals surface area contributed by atoms with Gasteiger partial charge in [-0.1, -0.05) is 0 Å². The maximum atomic E-state index is 8.27. The van der Waals surface area contributed by atoms with Crippen LogP contribution < -0.4 is 0 Å². The fourth-order valence-corrected chi connectivity index (χ4v) is 0.396. The minimum atomic E-state index is 0.458. The summed E-state index contributed by atoms with van der Waals surface area (Å²) in [6, 6.07) is 2.01. The Morgan fingerprint density at radius 3 is 2.25 bits per heavy atom. The Bertz CT molecular complexity index is 141. The molecule has 0 unspecified atom stereocenters. The smallest absolute Gasteiger partial charge is 0.0943 e. The topological polar surface area (TPSA) is 23.8 Å². The van der Waals surface area contributed by atoms with Crippen molar-refractivity contribution in [1.29, 1.82) is 5.26 Å². The standard InChI is InChI=1S/C6H8ClN/c1-5(3-7)6(2)4-8/h3H2,1-2H3/b6-5+. The molecular formula is C6H8ClN. The molecule has 0 bridgehead atoms. The fraction of sp³-hybridized carbons (Fsp3) is 0.500. The van der Waals surface area contributed by atoms with E-state index in [2.05, 4.69) is 0 Å². The molecule has 0 atom stereocenters. The molecule has 0 N–H and O–H groups in total. The number of halogens is 1. The van der Waals surface area contributed by atoms with Crippen LogP contribution in [0.4, 0.5) is 0 Å². The number of hydrogen-bond donors (Lipinski definition) is 0. The van der Waals surface area contributed by atoms with Gasteiger partial charge in [0.1, 0.15) is 0 Å². The number of allylic oxidation sites excluding steroid dienone is 2. The molecule has 0 aromatic carbocycles. The van der Waals surface area contributed by atoms with Crippen LogP contribution in [-0.4, -0.2) is 5.88 Å². The normalized spacial score (nSPS) is 12.2. The predicted molar refractivity (Wildman–Crippen MR) is 34.7 cm³/mol. The highest BCUT2D eigenvalue weighted by Gasteiger charge is 1.90. The lowest BCUT2D eigenvalue weighted by molar-refractivity contribution is 1.29. The van der Waals surface area contributed by atoms with Crippen LogP contribution in [0.15, 0.2) is 11.1 Å². The summed E-state index contributed by atoms with van der Waals surface area (Å²) in [6.07, 6.45) is 0. The van der Waals surface area contributed by atoms with Crippen molar-refractivity contribution in [3.63, 3.8) is 0 Å². The second-order valence-corrected chi connectivity index (χ2v) is 1.92. The summed E-state index contributed by atoms with van der Waals surface area (Å²) in [4.78, 5) is 0. The minimum absolute atomic E-state index is 0.458. The van der Waals surface area contributed by atoms with Gasteiger partial charge in [-0.15, -0.1) is 11.6 Å². The van der Waals surface area contributed by atoms with Crippen LogP contribution in [0.25, 0.3) is 0 Å². The average Bonchev–Trinajstić information content (AvgIpc) is 1.84. The zero-order valence-electron chi connectivity index (χ0n) is 5.03. The molecule has 0 aliphatic rings. The summed E-state index contributed by atoms with van der Waals surface area (Å²) < 4.78 is 0. The van der Waals surface area contributed by atoms with E-state index in [1.807, 2.05) is 13.0 Å². The molecular weight excluding hydrogens is 122 g/mol. The predicted octanol–water partition coefficient (Wildman–Crippen LogP) is 2.09. The van der Waals surface area contributed by atoms with Crippen molar-refractivity contribution in [3.05, 3.63) is 11.1 Å². The summed E-state index contributed by atoms with van der Waals surface area (Å²) in [7, 11) is 0. The Morgan fingerprint density at radius 2 is 2.12 bits per heavy atom. The number of nitrogens with zero attached hydrogens (tertiary/aromatic N) is 1. The average molecular weight is 130 g/mol. The van der Waals surface area contributed by atoms with E-state index in [0.717, 1.165) is 11.1 Å². The van der Waals surface area contributed by atoms with Gasteiger partial charge in [-0.3, -0.25) is 0 Å². The van der Waals surface area contributed by atoms with Crippen molar-refractivity contribution in [2.45, 2.75) is 13.8 Å². The van der Waals surface area contributed by atoms with Gasteiger partial charge in [0.2, 0.25) is 0 Å². The first-order chi connectivity index (χ1) is 3.72. The lowest BCUT2D eigenvalue weighted by Crippen LogP contribution is -1.80. The molecule has 0 aliphatic carbocycles. The van der Waals surface area contributed by atoms with Gasteiger partial charge in [-0.25, -0.2) is 0 Å². The number of alkyl halides is 1. The Kier molecular flexibility index (Phi) is 3.30. The Morgan fingerprint density at radius 1 is 1.62 bits per heavy atom. The second-order valence-electron chi connectivity index (χ2n) is 1.65. The summed E-state index contributed by atoms with van der Waals surface area (Å²) in [5, 5.41) is 8.27. The summed E-state index contributed by atoms with van der Waals surface area (Å²) >= 11 is 5.42. The number of rotatable bonds is 1. The van der Waals surface area contributed by atoms with E-state index < -0.39 is 0 Å². The van der Waals surface area contributed by atoms with Gasteiger partial charge in [0.25, 0.3) is 0 Å². The SMILES string of the molecule is C/C(C#N)=C(/C)CCl. The van der Waals surface area contributed by atoms with E-state index >= 15 is 0 Å². The van der Waals surface area contributed by atoms with Gasteiger partial charge in [-0.2, -0.15) is 5.26 Å². The first-order valence-electron chi connectivity index (χ1n) is 2.34. The summed E-state index contributed by atoms with van der Waals surface area (Å²) in [6.45, 7) is 3.61. The van der Waals surface area contributed by atoms with Crippen LogP contribution in [0.3, 0.4) is 0 Å². The molecule has 0 rings (SSSR count). The van der Waals surface area contributed by atoms with Crippen molar-refractivity contribution >= 4 is 11.6 Å². The van der Waals surface area contributed by atoms with Gasteiger partial charge >= 0.3 is 0 Å². The van der Waals surface area contributed by atoms with Crippen LogP contribution in [0, 0.1) is 11.3 Å². The molecule has 0 spiro atoms. The number of hydrogen-bond acceptors (Lipinski definition) is 1. The molecule has 0 aromatic heterocycles. The maximum absolute atomic E-state index is 8.27. The molecule has 44 valence electrons. The third-order valence-corrected chi connectivity index (χ3v) is 1.41. The Hall–Kier alpha value is -0.480. The zero-order chi connectivity index (χ0) is 6.57. The second kappa shape index (κ2) is 3.51. The lowest BCUT2D eigenvalue weighted by Gasteiger charge is -1.90. The quantitative estimate of drug-likeness (QED) is 0.393. The minimum Gasteiger partial charge on any atom is -0.193 e. The van der Waals surface area contributed by atoms with Crippen molar-refractivity contribution in [2.24, 2.45) is 0 Å². The van der Waals surface area contributed by atoms with Gasteiger partial charge < -0.3 is 0 Å². The third kappa shape index (κ3) is 1.99. The lowest BCUT2D eigenvalue weighted by atomic mass is 10.2. The van der Waals surface area contributed by atoms with Gasteiger partial charge in [0.15, 0.2) is 0 Å². The highest BCUT2D eigenvalue weighted by molar-refractivity contribution is 6.19. The Labute approximate surface area is 54.6 Å². The van der Waals surface area contributed by atoms with Crippen molar-refractivity contribution in [3.8, 4) is 6.07 Å². The molecule has 0 saturated carbocycles. The van der Waals surface area contributed by atoms with Crippen molar-refractivity contribution < 1.29 is 0 Å². The summed E-state index contributed by atoms with van der Waals surface area (Å²) in [5.41, 5.74) is 1.68. The molecule has 0 fully saturated rings. The van der Waals surface area contributed by atoms with E-state index in [0.29, 0.717) is 5.88 Å². The molecule has 0 radical (unpaired) electrons. The van der Waals surface area contributed by atoms with E-state index in [-0.39, 0.29) is 0 Å². The molecule has 0 heterocycles. The first-order valence-corrected chi connectivity index (χ1v) is 2.88. The van der Waals surface area contributed by atoms with E-state index in [1.54, 1.807) is 6.92 Å². The van der Waals surface area contributed by atoms with E-state index in [1.165, 1.54) is 0 Å². The largest absolute Gasteiger partial charge is 0.193 e. The van der Waals surface area contributed by atoms with Gasteiger partial charge in [0, 0.05) is 11.5 Å². The van der Waals surface area contributed by atoms with Crippen molar-refractivity contribution in [2.75, 3.05) is 5.88 Å². The summed E-state index contributed by atoms with van der Waals surface area (Å²) in [5.74, 6) is 0.458. The van der Waals surface area contributed by atoms with Crippen LogP contribution in [0.2, 0.25) is 0 Å². The van der Waals surface area contributed by atoms with Crippen LogP contribution in [0.5, 0.6) is 0 Å². The van der Waals surface area contributed by atoms with Gasteiger partial charge in [0.05, 0.1) is 6.07 Å².